The molecule has 3 rings (SSSR count). The van der Waals surface area contributed by atoms with Gasteiger partial charge >= 0.3 is 11.9 Å². The van der Waals surface area contributed by atoms with E-state index in [1.54, 1.807) is 10.9 Å². The number of fused-ring (bicyclic) bond motifs is 1. The van der Waals surface area contributed by atoms with E-state index in [0.29, 0.717) is 17.6 Å². The number of imidazole rings is 1. The lowest BCUT2D eigenvalue weighted by Crippen LogP contribution is -2.47. The monoisotopic (exact) mass is 305 g/mol. The maximum Gasteiger partial charge on any atom is 0.311 e. The molecule has 1 aliphatic carbocycles. The lowest BCUT2D eigenvalue weighted by Gasteiger charge is -2.41. The van der Waals surface area contributed by atoms with E-state index in [1.807, 2.05) is 0 Å². The van der Waals surface area contributed by atoms with Gasteiger partial charge in [0.2, 0.25) is 0 Å². The van der Waals surface area contributed by atoms with Crippen molar-refractivity contribution < 1.29 is 19.1 Å². The number of hydrogen-bond acceptors (Lipinski definition) is 8. The van der Waals surface area contributed by atoms with Crippen LogP contribution in [0.25, 0.3) is 11.2 Å². The fourth-order valence-electron chi connectivity index (χ4n) is 2.88. The maximum atomic E-state index is 12.0. The number of rotatable bonds is 3. The average molecular weight is 305 g/mol. The van der Waals surface area contributed by atoms with Gasteiger partial charge in [-0.1, -0.05) is 0 Å². The number of nitrogens with two attached hydrogens (primary N) is 1. The summed E-state index contributed by atoms with van der Waals surface area (Å²) < 4.78 is 11.3. The highest BCUT2D eigenvalue weighted by atomic mass is 16.5. The smallest absolute Gasteiger partial charge is 0.311 e. The molecule has 1 saturated carbocycles. The van der Waals surface area contributed by atoms with Crippen LogP contribution in [-0.2, 0) is 19.1 Å². The summed E-state index contributed by atoms with van der Waals surface area (Å²) in [6, 6.07) is -0.282. The molecule has 9 heteroatoms. The third kappa shape index (κ3) is 1.97. The van der Waals surface area contributed by atoms with Gasteiger partial charge in [-0.2, -0.15) is 0 Å². The van der Waals surface area contributed by atoms with Crippen molar-refractivity contribution in [2.45, 2.75) is 12.5 Å². The summed E-state index contributed by atoms with van der Waals surface area (Å²) in [5.74, 6) is -1.78. The molecule has 0 amide bonds. The molecule has 0 aromatic carbocycles. The van der Waals surface area contributed by atoms with Gasteiger partial charge in [-0.3, -0.25) is 9.59 Å². The molecular formula is C13H15N5O4. The van der Waals surface area contributed by atoms with Crippen molar-refractivity contribution in [1.29, 1.82) is 0 Å². The molecule has 2 N–H and O–H groups in total. The Labute approximate surface area is 125 Å². The SMILES string of the molecule is COC(=O)[C@@H]1[C@@H](C(=O)OC)C[C@H]1n1cnc2c(N)ncnc21. The van der Waals surface area contributed by atoms with Crippen molar-refractivity contribution in [3.05, 3.63) is 12.7 Å². The summed E-state index contributed by atoms with van der Waals surface area (Å²) in [4.78, 5) is 36.0. The van der Waals surface area contributed by atoms with Crippen molar-refractivity contribution in [2.24, 2.45) is 11.8 Å². The van der Waals surface area contributed by atoms with Crippen molar-refractivity contribution in [3.63, 3.8) is 0 Å². The fraction of sp³-hybridized carbons (Fsp3) is 0.462. The predicted octanol–water partition coefficient (Wildman–Crippen LogP) is -0.0683. The molecule has 0 unspecified atom stereocenters. The topological polar surface area (TPSA) is 122 Å². The molecule has 2 aromatic heterocycles. The predicted molar refractivity (Wildman–Crippen MR) is 74.4 cm³/mol. The molecule has 0 bridgehead atoms. The number of methoxy groups -OCH3 is 2. The Kier molecular flexibility index (Phi) is 3.39. The quantitative estimate of drug-likeness (QED) is 0.782. The van der Waals surface area contributed by atoms with Gasteiger partial charge in [0.1, 0.15) is 11.8 Å². The molecule has 2 heterocycles. The third-order valence-electron chi connectivity index (χ3n) is 4.07. The Morgan fingerprint density at radius 1 is 1.23 bits per heavy atom. The van der Waals surface area contributed by atoms with E-state index < -0.39 is 23.8 Å². The summed E-state index contributed by atoms with van der Waals surface area (Å²) in [5, 5.41) is 0. The van der Waals surface area contributed by atoms with Gasteiger partial charge < -0.3 is 19.8 Å². The van der Waals surface area contributed by atoms with E-state index in [4.69, 9.17) is 15.2 Å². The van der Waals surface area contributed by atoms with Crippen LogP contribution in [0.3, 0.4) is 0 Å². The van der Waals surface area contributed by atoms with E-state index in [9.17, 15) is 9.59 Å². The molecule has 0 spiro atoms. The molecule has 2 aromatic rings. The van der Waals surface area contributed by atoms with Crippen LogP contribution in [0.15, 0.2) is 12.7 Å². The highest BCUT2D eigenvalue weighted by molar-refractivity contribution is 5.86. The second kappa shape index (κ2) is 5.24. The zero-order valence-corrected chi connectivity index (χ0v) is 12.1. The summed E-state index contributed by atoms with van der Waals surface area (Å²) in [5.41, 5.74) is 6.74. The summed E-state index contributed by atoms with van der Waals surface area (Å²) >= 11 is 0. The minimum atomic E-state index is -0.633. The van der Waals surface area contributed by atoms with Gasteiger partial charge in [0, 0.05) is 0 Å². The Morgan fingerprint density at radius 2 is 1.95 bits per heavy atom. The van der Waals surface area contributed by atoms with Gasteiger partial charge in [0.15, 0.2) is 11.5 Å². The first-order valence-electron chi connectivity index (χ1n) is 6.67. The number of anilines is 1. The molecule has 116 valence electrons. The van der Waals surface area contributed by atoms with Gasteiger partial charge in [-0.05, 0) is 6.42 Å². The first-order chi connectivity index (χ1) is 10.6. The van der Waals surface area contributed by atoms with Crippen LogP contribution >= 0.6 is 0 Å². The highest BCUT2D eigenvalue weighted by Gasteiger charge is 2.52. The van der Waals surface area contributed by atoms with E-state index in [1.165, 1.54) is 20.5 Å². The number of aromatic nitrogens is 4. The van der Waals surface area contributed by atoms with E-state index in [2.05, 4.69) is 15.0 Å². The van der Waals surface area contributed by atoms with Crippen LogP contribution in [0.1, 0.15) is 12.5 Å². The number of ether oxygens (including phenoxy) is 2. The van der Waals surface area contributed by atoms with Crippen LogP contribution in [0.5, 0.6) is 0 Å². The zero-order chi connectivity index (χ0) is 15.9. The maximum absolute atomic E-state index is 12.0. The average Bonchev–Trinajstić information content (AvgIpc) is 2.91. The van der Waals surface area contributed by atoms with Crippen molar-refractivity contribution >= 4 is 28.9 Å². The number of carbonyl (C=O) groups is 2. The summed E-state index contributed by atoms with van der Waals surface area (Å²) in [6.07, 6.45) is 3.32. The molecule has 3 atom stereocenters. The molecule has 1 aliphatic rings. The van der Waals surface area contributed by atoms with Gasteiger partial charge in [-0.15, -0.1) is 0 Å². The van der Waals surface area contributed by atoms with E-state index in [0.717, 1.165) is 0 Å². The van der Waals surface area contributed by atoms with E-state index in [-0.39, 0.29) is 11.9 Å². The van der Waals surface area contributed by atoms with Crippen molar-refractivity contribution in [3.8, 4) is 0 Å². The third-order valence-corrected chi connectivity index (χ3v) is 4.07. The number of esters is 2. The van der Waals surface area contributed by atoms with Crippen LogP contribution in [0.4, 0.5) is 5.82 Å². The van der Waals surface area contributed by atoms with Gasteiger partial charge in [0.25, 0.3) is 0 Å². The molecule has 0 saturated heterocycles. The summed E-state index contributed by atoms with van der Waals surface area (Å²) in [7, 11) is 2.59. The largest absolute Gasteiger partial charge is 0.469 e. The van der Waals surface area contributed by atoms with Crippen LogP contribution in [0.2, 0.25) is 0 Å². The lowest BCUT2D eigenvalue weighted by molar-refractivity contribution is -0.168. The number of nitrogen functional groups attached to an aromatic ring is 1. The van der Waals surface area contributed by atoms with Crippen molar-refractivity contribution in [1.82, 2.24) is 19.5 Å². The molecule has 1 fully saturated rings. The first-order valence-corrected chi connectivity index (χ1v) is 6.67. The molecule has 0 radical (unpaired) electrons. The highest BCUT2D eigenvalue weighted by Crippen LogP contribution is 2.46. The van der Waals surface area contributed by atoms with Crippen LogP contribution in [0, 0.1) is 11.8 Å². The Morgan fingerprint density at radius 3 is 2.64 bits per heavy atom. The normalized spacial score (nSPS) is 23.8. The second-order valence-corrected chi connectivity index (χ2v) is 5.06. The number of hydrogen-bond donors (Lipinski definition) is 1. The minimum absolute atomic E-state index is 0.266. The number of carbonyl (C=O) groups excluding carboxylic acids is 2. The zero-order valence-electron chi connectivity index (χ0n) is 12.1. The van der Waals surface area contributed by atoms with Crippen LogP contribution < -0.4 is 5.73 Å². The Bertz CT molecular complexity index is 743. The summed E-state index contributed by atoms with van der Waals surface area (Å²) in [6.45, 7) is 0. The standard InChI is InChI=1S/C13H15N5O4/c1-21-12(19)6-3-7(8(6)13(20)22-2)18-5-17-9-10(14)15-4-16-11(9)18/h4-8H,3H2,1-2H3,(H2,14,15,16)/t6-,7+,8+/m0/s1. The van der Waals surface area contributed by atoms with Gasteiger partial charge in [-0.25, -0.2) is 15.0 Å². The van der Waals surface area contributed by atoms with Crippen LogP contribution in [-0.4, -0.2) is 45.7 Å². The van der Waals surface area contributed by atoms with Gasteiger partial charge in [0.05, 0.1) is 38.4 Å². The molecular weight excluding hydrogens is 290 g/mol. The fourth-order valence-corrected chi connectivity index (χ4v) is 2.88. The first kappa shape index (κ1) is 14.2. The molecule has 9 nitrogen and oxygen atoms in total. The van der Waals surface area contributed by atoms with E-state index >= 15 is 0 Å². The second-order valence-electron chi connectivity index (χ2n) is 5.06. The Hall–Kier alpha value is -2.71. The van der Waals surface area contributed by atoms with Crippen molar-refractivity contribution in [2.75, 3.05) is 20.0 Å². The Balaban J connectivity index is 1.98. The minimum Gasteiger partial charge on any atom is -0.469 e. The lowest BCUT2D eigenvalue weighted by atomic mass is 9.69. The molecule has 22 heavy (non-hydrogen) atoms. The number of nitrogens with zero attached hydrogens (tertiary/aromatic N) is 4. The molecule has 0 aliphatic heterocycles.